The molecule has 0 N–H and O–H groups in total. The van der Waals surface area contributed by atoms with Gasteiger partial charge in [0.2, 0.25) is 0 Å². The second kappa shape index (κ2) is 10.8. The molecule has 0 amide bonds. The van der Waals surface area contributed by atoms with E-state index in [2.05, 4.69) is 157 Å². The van der Waals surface area contributed by atoms with E-state index >= 15 is 0 Å². The van der Waals surface area contributed by atoms with E-state index in [0.29, 0.717) is 0 Å². The zero-order valence-electron chi connectivity index (χ0n) is 27.5. The fourth-order valence-electron chi connectivity index (χ4n) is 8.04. The van der Waals surface area contributed by atoms with Gasteiger partial charge in [-0.25, -0.2) is 0 Å². The zero-order chi connectivity index (χ0) is 33.5. The quantitative estimate of drug-likeness (QED) is 0.177. The van der Waals surface area contributed by atoms with Gasteiger partial charge >= 0.3 is 0 Å². The minimum Gasteiger partial charge on any atom is -0.456 e. The van der Waals surface area contributed by atoms with Crippen molar-refractivity contribution in [3.05, 3.63) is 176 Å². The Morgan fingerprint density at radius 2 is 0.784 bits per heavy atom. The Labute approximate surface area is 293 Å². The number of benzene rings is 9. The van der Waals surface area contributed by atoms with Crippen molar-refractivity contribution < 1.29 is 8.83 Å². The highest BCUT2D eigenvalue weighted by atomic mass is 16.3. The van der Waals surface area contributed by atoms with Gasteiger partial charge in [0, 0.05) is 38.6 Å². The summed E-state index contributed by atoms with van der Waals surface area (Å²) in [6, 6.07) is 62.8. The standard InChI is InChI=1S/C48H29NO2/c1-2-10-35-30(9-1)19-24-38-36-11-3-4-12-37(36)41(29-42(35)38)31-17-20-32(21-18-31)49(33-22-25-47-43(27-33)39-13-5-7-15-45(39)50-47)34-23-26-48-44(28-34)40-14-6-8-16-46(40)51-48/h1-29H. The van der Waals surface area contributed by atoms with Crippen LogP contribution >= 0.6 is 0 Å². The lowest BCUT2D eigenvalue weighted by molar-refractivity contribution is 0.668. The SMILES string of the molecule is c1ccc2c(c1)ccc1c3ccccc3c(-c3ccc(N(c4ccc5oc6ccccc6c5c4)c4ccc5oc6ccccc6c5c4)cc3)cc21. The van der Waals surface area contributed by atoms with Crippen LogP contribution in [0.15, 0.2) is 185 Å². The molecule has 0 fully saturated rings. The van der Waals surface area contributed by atoms with Crippen molar-refractivity contribution in [2.75, 3.05) is 4.90 Å². The molecule has 3 nitrogen and oxygen atoms in total. The van der Waals surface area contributed by atoms with Crippen molar-refractivity contribution in [3.8, 4) is 11.1 Å². The highest BCUT2D eigenvalue weighted by molar-refractivity contribution is 6.21. The molecule has 238 valence electrons. The molecule has 2 heterocycles. The Kier molecular flexibility index (Phi) is 5.96. The summed E-state index contributed by atoms with van der Waals surface area (Å²) in [5.74, 6) is 0. The van der Waals surface area contributed by atoms with Crippen LogP contribution in [0.2, 0.25) is 0 Å². The molecule has 11 aromatic rings. The van der Waals surface area contributed by atoms with Crippen LogP contribution in [-0.4, -0.2) is 0 Å². The molecule has 2 aromatic heterocycles. The predicted molar refractivity (Wildman–Crippen MR) is 214 cm³/mol. The molecule has 0 aliphatic rings. The maximum absolute atomic E-state index is 6.22. The number of hydrogen-bond donors (Lipinski definition) is 0. The van der Waals surface area contributed by atoms with E-state index in [1.165, 1.54) is 43.4 Å². The van der Waals surface area contributed by atoms with Crippen LogP contribution in [0, 0.1) is 0 Å². The molecule has 0 saturated carbocycles. The van der Waals surface area contributed by atoms with Crippen molar-refractivity contribution >= 4 is 93.3 Å². The van der Waals surface area contributed by atoms with Crippen molar-refractivity contribution in [2.24, 2.45) is 0 Å². The molecule has 0 aliphatic carbocycles. The second-order valence-electron chi connectivity index (χ2n) is 13.3. The van der Waals surface area contributed by atoms with Crippen molar-refractivity contribution in [1.29, 1.82) is 0 Å². The number of para-hydroxylation sites is 2. The van der Waals surface area contributed by atoms with Gasteiger partial charge in [0.15, 0.2) is 0 Å². The summed E-state index contributed by atoms with van der Waals surface area (Å²) >= 11 is 0. The average molecular weight is 652 g/mol. The summed E-state index contributed by atoms with van der Waals surface area (Å²) in [5.41, 5.74) is 9.11. The number of hydrogen-bond acceptors (Lipinski definition) is 3. The van der Waals surface area contributed by atoms with Crippen LogP contribution in [0.3, 0.4) is 0 Å². The Bertz CT molecular complexity index is 3030. The Morgan fingerprint density at radius 3 is 1.43 bits per heavy atom. The van der Waals surface area contributed by atoms with Gasteiger partial charge in [0.1, 0.15) is 22.3 Å². The van der Waals surface area contributed by atoms with E-state index in [0.717, 1.165) is 60.9 Å². The third kappa shape index (κ3) is 4.32. The van der Waals surface area contributed by atoms with E-state index in [9.17, 15) is 0 Å². The van der Waals surface area contributed by atoms with Crippen LogP contribution in [0.5, 0.6) is 0 Å². The van der Waals surface area contributed by atoms with Crippen molar-refractivity contribution in [2.45, 2.75) is 0 Å². The van der Waals surface area contributed by atoms with Crippen molar-refractivity contribution in [1.82, 2.24) is 0 Å². The molecule has 0 saturated heterocycles. The molecular formula is C48H29NO2. The molecule has 51 heavy (non-hydrogen) atoms. The summed E-state index contributed by atoms with van der Waals surface area (Å²) in [4.78, 5) is 2.33. The van der Waals surface area contributed by atoms with Crippen LogP contribution in [0.1, 0.15) is 0 Å². The van der Waals surface area contributed by atoms with Gasteiger partial charge in [-0.15, -0.1) is 0 Å². The van der Waals surface area contributed by atoms with Crippen LogP contribution in [-0.2, 0) is 0 Å². The number of nitrogens with zero attached hydrogens (tertiary/aromatic N) is 1. The maximum Gasteiger partial charge on any atom is 0.135 e. The summed E-state index contributed by atoms with van der Waals surface area (Å²) in [6.45, 7) is 0. The van der Waals surface area contributed by atoms with Gasteiger partial charge in [0.05, 0.1) is 0 Å². The first-order valence-electron chi connectivity index (χ1n) is 17.3. The van der Waals surface area contributed by atoms with E-state index in [1.807, 2.05) is 24.3 Å². The van der Waals surface area contributed by atoms with Crippen LogP contribution in [0.25, 0.3) is 87.3 Å². The van der Waals surface area contributed by atoms with E-state index in [-0.39, 0.29) is 0 Å². The van der Waals surface area contributed by atoms with E-state index < -0.39 is 0 Å². The Morgan fingerprint density at radius 1 is 0.294 bits per heavy atom. The van der Waals surface area contributed by atoms with Gasteiger partial charge in [-0.3, -0.25) is 0 Å². The maximum atomic E-state index is 6.22. The van der Waals surface area contributed by atoms with Gasteiger partial charge < -0.3 is 13.7 Å². The molecule has 0 atom stereocenters. The first-order chi connectivity index (χ1) is 25.3. The lowest BCUT2D eigenvalue weighted by Gasteiger charge is -2.26. The highest BCUT2D eigenvalue weighted by Gasteiger charge is 2.18. The minimum absolute atomic E-state index is 0.877. The van der Waals surface area contributed by atoms with Gasteiger partial charge in [0.25, 0.3) is 0 Å². The average Bonchev–Trinajstić information content (AvgIpc) is 3.76. The highest BCUT2D eigenvalue weighted by Crippen LogP contribution is 2.43. The molecule has 0 bridgehead atoms. The molecule has 0 radical (unpaired) electrons. The molecular weight excluding hydrogens is 623 g/mol. The third-order valence-corrected chi connectivity index (χ3v) is 10.4. The second-order valence-corrected chi connectivity index (χ2v) is 13.3. The molecule has 9 aromatic carbocycles. The largest absolute Gasteiger partial charge is 0.456 e. The van der Waals surface area contributed by atoms with Gasteiger partial charge in [-0.05, 0) is 110 Å². The monoisotopic (exact) mass is 651 g/mol. The number of anilines is 3. The van der Waals surface area contributed by atoms with Crippen LogP contribution < -0.4 is 4.90 Å². The predicted octanol–water partition coefficient (Wildman–Crippen LogP) is 14.1. The Hall–Kier alpha value is -6.84. The topological polar surface area (TPSA) is 29.5 Å². The molecule has 0 aliphatic heterocycles. The number of rotatable bonds is 4. The van der Waals surface area contributed by atoms with Gasteiger partial charge in [-0.1, -0.05) is 109 Å². The molecule has 3 heteroatoms. The minimum atomic E-state index is 0.877. The molecule has 11 rings (SSSR count). The summed E-state index contributed by atoms with van der Waals surface area (Å²) in [5, 5.41) is 12.0. The first-order valence-corrected chi connectivity index (χ1v) is 17.3. The fraction of sp³-hybridized carbons (Fsp3) is 0. The zero-order valence-corrected chi connectivity index (χ0v) is 27.5. The number of furan rings is 2. The van der Waals surface area contributed by atoms with E-state index in [1.54, 1.807) is 0 Å². The lowest BCUT2D eigenvalue weighted by atomic mass is 9.91. The summed E-state index contributed by atoms with van der Waals surface area (Å²) < 4.78 is 12.4. The van der Waals surface area contributed by atoms with E-state index in [4.69, 9.17) is 8.83 Å². The lowest BCUT2D eigenvalue weighted by Crippen LogP contribution is -2.09. The molecule has 0 spiro atoms. The van der Waals surface area contributed by atoms with Gasteiger partial charge in [-0.2, -0.15) is 0 Å². The molecule has 0 unspecified atom stereocenters. The fourth-order valence-corrected chi connectivity index (χ4v) is 8.04. The summed E-state index contributed by atoms with van der Waals surface area (Å²) in [7, 11) is 0. The Balaban J connectivity index is 1.11. The smallest absolute Gasteiger partial charge is 0.135 e. The number of fused-ring (bicyclic) bond motifs is 11. The third-order valence-electron chi connectivity index (χ3n) is 10.4. The van der Waals surface area contributed by atoms with Crippen molar-refractivity contribution in [3.63, 3.8) is 0 Å². The normalized spacial score (nSPS) is 11.9. The summed E-state index contributed by atoms with van der Waals surface area (Å²) in [6.07, 6.45) is 0. The first kappa shape index (κ1) is 28.0. The van der Waals surface area contributed by atoms with Crippen LogP contribution in [0.4, 0.5) is 17.1 Å².